The smallest absolute Gasteiger partial charge is 0.328 e. The van der Waals surface area contributed by atoms with E-state index in [-0.39, 0.29) is 0 Å². The van der Waals surface area contributed by atoms with Crippen molar-refractivity contribution in [3.8, 4) is 0 Å². The van der Waals surface area contributed by atoms with Gasteiger partial charge in [-0.05, 0) is 13.8 Å². The molecule has 1 heterocycles. The quantitative estimate of drug-likeness (QED) is 0.765. The maximum atomic E-state index is 10.5. The molecule has 0 amide bonds. The number of rotatable bonds is 2. The Morgan fingerprint density at radius 3 is 2.75 bits per heavy atom. The molecule has 1 rings (SSSR count). The number of carboxylic acids is 1. The van der Waals surface area contributed by atoms with Crippen molar-refractivity contribution in [3.05, 3.63) is 16.9 Å². The van der Waals surface area contributed by atoms with Gasteiger partial charge in [0.1, 0.15) is 6.04 Å². The zero-order chi connectivity index (χ0) is 9.30. The average molecular weight is 189 g/mol. The van der Waals surface area contributed by atoms with Crippen LogP contribution in [0.5, 0.6) is 0 Å². The second-order valence-corrected chi connectivity index (χ2v) is 2.96. The molecule has 1 aromatic rings. The highest BCUT2D eigenvalue weighted by atomic mass is 35.5. The van der Waals surface area contributed by atoms with Gasteiger partial charge in [0.2, 0.25) is 0 Å². The molecule has 0 saturated carbocycles. The summed E-state index contributed by atoms with van der Waals surface area (Å²) in [5.41, 5.74) is 0.643. The molecule has 0 spiro atoms. The molecule has 4 nitrogen and oxygen atoms in total. The maximum Gasteiger partial charge on any atom is 0.328 e. The predicted molar refractivity (Wildman–Crippen MR) is 44.3 cm³/mol. The van der Waals surface area contributed by atoms with Crippen molar-refractivity contribution >= 4 is 17.6 Å². The summed E-state index contributed by atoms with van der Waals surface area (Å²) in [5.74, 6) is -0.922. The molecule has 0 aromatic carbocycles. The zero-order valence-corrected chi connectivity index (χ0v) is 7.54. The van der Waals surface area contributed by atoms with Crippen LogP contribution >= 0.6 is 11.6 Å². The van der Waals surface area contributed by atoms with Gasteiger partial charge in [0.15, 0.2) is 0 Å². The van der Waals surface area contributed by atoms with Crippen LogP contribution in [0.2, 0.25) is 5.02 Å². The molecular weight excluding hydrogens is 180 g/mol. The van der Waals surface area contributed by atoms with E-state index in [0.29, 0.717) is 10.7 Å². The highest BCUT2D eigenvalue weighted by molar-refractivity contribution is 6.31. The third kappa shape index (κ3) is 1.58. The van der Waals surface area contributed by atoms with Crippen molar-refractivity contribution in [2.75, 3.05) is 0 Å². The molecule has 0 aliphatic rings. The van der Waals surface area contributed by atoms with Crippen LogP contribution < -0.4 is 0 Å². The summed E-state index contributed by atoms with van der Waals surface area (Å²) in [5, 5.41) is 13.1. The number of hydrogen-bond donors (Lipinski definition) is 1. The van der Waals surface area contributed by atoms with Crippen molar-refractivity contribution in [3.63, 3.8) is 0 Å². The SMILES string of the molecule is Cc1nn([C@@H](C)C(=O)O)cc1Cl. The fourth-order valence-electron chi connectivity index (χ4n) is 0.771. The summed E-state index contributed by atoms with van der Waals surface area (Å²) >= 11 is 5.70. The van der Waals surface area contributed by atoms with Crippen molar-refractivity contribution in [1.29, 1.82) is 0 Å². The number of carboxylic acid groups (broad SMARTS) is 1. The van der Waals surface area contributed by atoms with Gasteiger partial charge in [-0.15, -0.1) is 0 Å². The number of hydrogen-bond acceptors (Lipinski definition) is 2. The minimum absolute atomic E-state index is 0.489. The minimum Gasteiger partial charge on any atom is -0.480 e. The summed E-state index contributed by atoms with van der Waals surface area (Å²) in [7, 11) is 0. The Morgan fingerprint density at radius 1 is 1.83 bits per heavy atom. The standard InChI is InChI=1S/C7H9ClN2O2/c1-4-6(8)3-10(9-4)5(2)7(11)12/h3,5H,1-2H3,(H,11,12)/t5-/m0/s1. The summed E-state index contributed by atoms with van der Waals surface area (Å²) in [4.78, 5) is 10.5. The molecule has 0 aliphatic carbocycles. The van der Waals surface area contributed by atoms with Gasteiger partial charge in [0.05, 0.1) is 10.7 Å². The van der Waals surface area contributed by atoms with E-state index in [4.69, 9.17) is 16.7 Å². The van der Waals surface area contributed by atoms with Crippen molar-refractivity contribution in [2.45, 2.75) is 19.9 Å². The van der Waals surface area contributed by atoms with E-state index in [1.807, 2.05) is 0 Å². The predicted octanol–water partition coefficient (Wildman–Crippen LogP) is 1.49. The van der Waals surface area contributed by atoms with Crippen LogP contribution in [0.4, 0.5) is 0 Å². The number of aliphatic carboxylic acids is 1. The lowest BCUT2D eigenvalue weighted by Crippen LogP contribution is -2.15. The van der Waals surface area contributed by atoms with E-state index in [1.54, 1.807) is 13.8 Å². The molecule has 0 fully saturated rings. The highest BCUT2D eigenvalue weighted by Crippen LogP contribution is 2.15. The normalized spacial score (nSPS) is 12.9. The maximum absolute atomic E-state index is 10.5. The summed E-state index contributed by atoms with van der Waals surface area (Å²) in [6, 6.07) is -0.670. The Balaban J connectivity index is 2.96. The largest absolute Gasteiger partial charge is 0.480 e. The number of aryl methyl sites for hydroxylation is 1. The molecule has 0 bridgehead atoms. The summed E-state index contributed by atoms with van der Waals surface area (Å²) in [6.45, 7) is 3.28. The van der Waals surface area contributed by atoms with Gasteiger partial charge in [-0.25, -0.2) is 4.79 Å². The van der Waals surface area contributed by atoms with Gasteiger partial charge >= 0.3 is 5.97 Å². The lowest BCUT2D eigenvalue weighted by molar-refractivity contribution is -0.140. The van der Waals surface area contributed by atoms with Crippen LogP contribution in [0.15, 0.2) is 6.20 Å². The molecule has 66 valence electrons. The highest BCUT2D eigenvalue weighted by Gasteiger charge is 2.14. The molecular formula is C7H9ClN2O2. The first-order valence-electron chi connectivity index (χ1n) is 3.46. The van der Waals surface area contributed by atoms with Crippen LogP contribution in [-0.2, 0) is 4.79 Å². The van der Waals surface area contributed by atoms with E-state index < -0.39 is 12.0 Å². The Bertz CT molecular complexity index is 289. The van der Waals surface area contributed by atoms with Crippen LogP contribution in [-0.4, -0.2) is 20.9 Å². The summed E-state index contributed by atoms with van der Waals surface area (Å²) in [6.07, 6.45) is 1.51. The van der Waals surface area contributed by atoms with E-state index in [2.05, 4.69) is 5.10 Å². The lowest BCUT2D eigenvalue weighted by atomic mass is 10.4. The van der Waals surface area contributed by atoms with Gasteiger partial charge < -0.3 is 5.11 Å². The lowest BCUT2D eigenvalue weighted by Gasteiger charge is -2.04. The summed E-state index contributed by atoms with van der Waals surface area (Å²) < 4.78 is 1.33. The topological polar surface area (TPSA) is 55.1 Å². The molecule has 1 N–H and O–H groups in total. The van der Waals surface area contributed by atoms with E-state index in [1.165, 1.54) is 10.9 Å². The second kappa shape index (κ2) is 3.15. The molecule has 12 heavy (non-hydrogen) atoms. The Morgan fingerprint density at radius 2 is 2.42 bits per heavy atom. The number of nitrogens with zero attached hydrogens (tertiary/aromatic N) is 2. The first kappa shape index (κ1) is 9.06. The van der Waals surface area contributed by atoms with Gasteiger partial charge in [-0.1, -0.05) is 11.6 Å². The van der Waals surface area contributed by atoms with Crippen LogP contribution in [0.1, 0.15) is 18.7 Å². The van der Waals surface area contributed by atoms with E-state index in [9.17, 15) is 4.79 Å². The fourth-order valence-corrected chi connectivity index (χ4v) is 0.909. The van der Waals surface area contributed by atoms with Gasteiger partial charge in [0.25, 0.3) is 0 Å². The van der Waals surface area contributed by atoms with Crippen LogP contribution in [0.25, 0.3) is 0 Å². The first-order chi connectivity index (χ1) is 5.52. The molecule has 0 saturated heterocycles. The molecule has 1 atom stereocenters. The Labute approximate surface area is 74.8 Å². The molecule has 5 heteroatoms. The van der Waals surface area contributed by atoms with Crippen LogP contribution in [0, 0.1) is 6.92 Å². The molecule has 0 radical (unpaired) electrons. The Hall–Kier alpha value is -1.03. The number of carbonyl (C=O) groups is 1. The minimum atomic E-state index is -0.922. The number of halogens is 1. The fraction of sp³-hybridized carbons (Fsp3) is 0.429. The van der Waals surface area contributed by atoms with Gasteiger partial charge in [-0.3, -0.25) is 4.68 Å². The Kier molecular flexibility index (Phi) is 2.38. The van der Waals surface area contributed by atoms with E-state index >= 15 is 0 Å². The molecule has 1 aromatic heterocycles. The molecule has 0 unspecified atom stereocenters. The number of aromatic nitrogens is 2. The third-order valence-electron chi connectivity index (χ3n) is 1.61. The first-order valence-corrected chi connectivity index (χ1v) is 3.84. The van der Waals surface area contributed by atoms with Crippen molar-refractivity contribution < 1.29 is 9.90 Å². The van der Waals surface area contributed by atoms with Crippen LogP contribution in [0.3, 0.4) is 0 Å². The third-order valence-corrected chi connectivity index (χ3v) is 1.98. The monoisotopic (exact) mass is 188 g/mol. The van der Waals surface area contributed by atoms with Gasteiger partial charge in [-0.2, -0.15) is 5.10 Å². The van der Waals surface area contributed by atoms with E-state index in [0.717, 1.165) is 0 Å². The van der Waals surface area contributed by atoms with Crippen molar-refractivity contribution in [1.82, 2.24) is 9.78 Å². The molecule has 0 aliphatic heterocycles. The van der Waals surface area contributed by atoms with Crippen molar-refractivity contribution in [2.24, 2.45) is 0 Å². The second-order valence-electron chi connectivity index (χ2n) is 2.56. The average Bonchev–Trinajstić information content (AvgIpc) is 2.30. The van der Waals surface area contributed by atoms with Gasteiger partial charge in [0, 0.05) is 6.20 Å². The zero-order valence-electron chi connectivity index (χ0n) is 6.78.